The number of aryl methyl sites for hydroxylation is 1. The van der Waals surface area contributed by atoms with Gasteiger partial charge in [0.05, 0.1) is 5.56 Å². The van der Waals surface area contributed by atoms with E-state index in [9.17, 15) is 0 Å². The number of nitrogens with zero attached hydrogens (tertiary/aromatic N) is 2. The van der Waals surface area contributed by atoms with E-state index < -0.39 is 0 Å². The molecule has 1 aromatic heterocycles. The number of hydrogen-bond acceptors (Lipinski definition) is 5. The Kier molecular flexibility index (Phi) is 4.71. The molecule has 0 aromatic carbocycles. The SMILES string of the molecule is CCc1nc(NN)c(C)c(OC2CC(C)CC(C)(C)C2)n1. The first-order valence-corrected chi connectivity index (χ1v) is 7.85. The van der Waals surface area contributed by atoms with Crippen molar-refractivity contribution in [3.8, 4) is 5.88 Å². The third kappa shape index (κ3) is 3.84. The normalized spacial score (nSPS) is 24.7. The zero-order valence-corrected chi connectivity index (χ0v) is 13.9. The van der Waals surface area contributed by atoms with Gasteiger partial charge in [0, 0.05) is 6.42 Å². The fraction of sp³-hybridized carbons (Fsp3) is 0.750. The van der Waals surface area contributed by atoms with Crippen molar-refractivity contribution in [2.24, 2.45) is 17.2 Å². The van der Waals surface area contributed by atoms with Crippen LogP contribution in [0.25, 0.3) is 0 Å². The average Bonchev–Trinajstić information content (AvgIpc) is 2.38. The van der Waals surface area contributed by atoms with Crippen molar-refractivity contribution in [3.05, 3.63) is 11.4 Å². The Bertz CT molecular complexity index is 501. The molecule has 21 heavy (non-hydrogen) atoms. The van der Waals surface area contributed by atoms with Crippen LogP contribution in [0, 0.1) is 18.3 Å². The molecule has 118 valence electrons. The number of hydrazine groups is 1. The third-order valence-corrected chi connectivity index (χ3v) is 4.23. The number of hydrogen-bond donors (Lipinski definition) is 2. The van der Waals surface area contributed by atoms with Gasteiger partial charge in [-0.2, -0.15) is 4.98 Å². The maximum Gasteiger partial charge on any atom is 0.222 e. The summed E-state index contributed by atoms with van der Waals surface area (Å²) in [5.41, 5.74) is 3.85. The maximum atomic E-state index is 6.23. The van der Waals surface area contributed by atoms with E-state index in [1.54, 1.807) is 0 Å². The highest BCUT2D eigenvalue weighted by Gasteiger charge is 2.33. The van der Waals surface area contributed by atoms with Crippen LogP contribution in [0.5, 0.6) is 5.88 Å². The number of nitrogen functional groups attached to an aromatic ring is 1. The molecule has 1 fully saturated rings. The number of nitrogens with one attached hydrogen (secondary N) is 1. The highest BCUT2D eigenvalue weighted by atomic mass is 16.5. The first kappa shape index (κ1) is 16.0. The van der Waals surface area contributed by atoms with Crippen molar-refractivity contribution in [1.29, 1.82) is 0 Å². The van der Waals surface area contributed by atoms with Gasteiger partial charge in [-0.15, -0.1) is 0 Å². The van der Waals surface area contributed by atoms with Crippen LogP contribution in [-0.2, 0) is 6.42 Å². The molecule has 2 unspecified atom stereocenters. The molecule has 0 amide bonds. The van der Waals surface area contributed by atoms with E-state index in [1.165, 1.54) is 6.42 Å². The lowest BCUT2D eigenvalue weighted by molar-refractivity contribution is 0.0525. The van der Waals surface area contributed by atoms with Crippen LogP contribution in [0.3, 0.4) is 0 Å². The summed E-state index contributed by atoms with van der Waals surface area (Å²) in [6, 6.07) is 0. The van der Waals surface area contributed by atoms with Crippen molar-refractivity contribution in [2.75, 3.05) is 5.43 Å². The molecule has 0 spiro atoms. The summed E-state index contributed by atoms with van der Waals surface area (Å²) < 4.78 is 6.23. The van der Waals surface area contributed by atoms with Gasteiger partial charge in [-0.1, -0.05) is 27.7 Å². The molecular weight excluding hydrogens is 264 g/mol. The van der Waals surface area contributed by atoms with Gasteiger partial charge in [-0.25, -0.2) is 10.8 Å². The molecule has 1 aliphatic carbocycles. The summed E-state index contributed by atoms with van der Waals surface area (Å²) in [5.74, 6) is 8.30. The van der Waals surface area contributed by atoms with Crippen LogP contribution in [-0.4, -0.2) is 16.1 Å². The lowest BCUT2D eigenvalue weighted by atomic mass is 9.71. The molecule has 3 N–H and O–H groups in total. The first-order chi connectivity index (χ1) is 9.84. The molecular formula is C16H28N4O. The first-order valence-electron chi connectivity index (χ1n) is 7.85. The number of ether oxygens (including phenoxy) is 1. The summed E-state index contributed by atoms with van der Waals surface area (Å²) in [5, 5.41) is 0. The van der Waals surface area contributed by atoms with E-state index in [-0.39, 0.29) is 6.10 Å². The lowest BCUT2D eigenvalue weighted by Gasteiger charge is -2.38. The van der Waals surface area contributed by atoms with Crippen LogP contribution >= 0.6 is 0 Å². The van der Waals surface area contributed by atoms with Crippen LogP contribution in [0.1, 0.15) is 58.3 Å². The Labute approximate surface area is 127 Å². The summed E-state index contributed by atoms with van der Waals surface area (Å²) in [6.07, 6.45) is 4.38. The Morgan fingerprint density at radius 3 is 2.62 bits per heavy atom. The van der Waals surface area contributed by atoms with Gasteiger partial charge in [-0.05, 0) is 37.5 Å². The van der Waals surface area contributed by atoms with Crippen molar-refractivity contribution < 1.29 is 4.74 Å². The Hall–Kier alpha value is -1.36. The molecule has 0 saturated heterocycles. The lowest BCUT2D eigenvalue weighted by Crippen LogP contribution is -2.34. The summed E-state index contributed by atoms with van der Waals surface area (Å²) in [6.45, 7) is 10.9. The average molecular weight is 292 g/mol. The van der Waals surface area contributed by atoms with Crippen molar-refractivity contribution in [2.45, 2.75) is 66.4 Å². The zero-order chi connectivity index (χ0) is 15.6. The second-order valence-electron chi connectivity index (χ2n) is 7.07. The van der Waals surface area contributed by atoms with E-state index in [4.69, 9.17) is 10.6 Å². The Morgan fingerprint density at radius 1 is 1.33 bits per heavy atom. The Morgan fingerprint density at radius 2 is 2.05 bits per heavy atom. The molecule has 1 aliphatic rings. The fourth-order valence-corrected chi connectivity index (χ4v) is 3.46. The number of anilines is 1. The summed E-state index contributed by atoms with van der Waals surface area (Å²) in [7, 11) is 0. The van der Waals surface area contributed by atoms with Gasteiger partial charge in [0.25, 0.3) is 0 Å². The molecule has 0 aliphatic heterocycles. The number of aromatic nitrogens is 2. The molecule has 2 rings (SSSR count). The van der Waals surface area contributed by atoms with Crippen LogP contribution < -0.4 is 16.0 Å². The summed E-state index contributed by atoms with van der Waals surface area (Å²) >= 11 is 0. The van der Waals surface area contributed by atoms with Crippen molar-refractivity contribution in [1.82, 2.24) is 9.97 Å². The molecule has 0 bridgehead atoms. The third-order valence-electron chi connectivity index (χ3n) is 4.23. The van der Waals surface area contributed by atoms with E-state index >= 15 is 0 Å². The highest BCUT2D eigenvalue weighted by Crippen LogP contribution is 2.40. The van der Waals surface area contributed by atoms with Gasteiger partial charge in [0.1, 0.15) is 17.7 Å². The van der Waals surface area contributed by atoms with Crippen molar-refractivity contribution >= 4 is 5.82 Å². The largest absolute Gasteiger partial charge is 0.474 e. The molecule has 5 nitrogen and oxygen atoms in total. The summed E-state index contributed by atoms with van der Waals surface area (Å²) in [4.78, 5) is 8.92. The minimum atomic E-state index is 0.215. The highest BCUT2D eigenvalue weighted by molar-refractivity contribution is 5.47. The van der Waals surface area contributed by atoms with Crippen LogP contribution in [0.2, 0.25) is 0 Å². The standard InChI is InChI=1S/C16H28N4O/c1-6-13-18-14(20-17)11(3)15(19-13)21-12-7-10(2)8-16(4,5)9-12/h10,12H,6-9,17H2,1-5H3,(H,18,19,20). The predicted molar refractivity (Wildman–Crippen MR) is 85.2 cm³/mol. The van der Waals surface area contributed by atoms with Crippen molar-refractivity contribution in [3.63, 3.8) is 0 Å². The minimum absolute atomic E-state index is 0.215. The van der Waals surface area contributed by atoms with Gasteiger partial charge < -0.3 is 10.2 Å². The van der Waals surface area contributed by atoms with Crippen LogP contribution in [0.4, 0.5) is 5.82 Å². The zero-order valence-electron chi connectivity index (χ0n) is 13.9. The second-order valence-corrected chi connectivity index (χ2v) is 7.07. The van der Waals surface area contributed by atoms with E-state index in [0.717, 1.165) is 30.7 Å². The van der Waals surface area contributed by atoms with Gasteiger partial charge in [0.15, 0.2) is 0 Å². The molecule has 1 heterocycles. The molecule has 1 saturated carbocycles. The minimum Gasteiger partial charge on any atom is -0.474 e. The monoisotopic (exact) mass is 292 g/mol. The van der Waals surface area contributed by atoms with E-state index in [1.807, 2.05) is 13.8 Å². The molecule has 0 radical (unpaired) electrons. The number of nitrogens with two attached hydrogens (primary N) is 1. The van der Waals surface area contributed by atoms with Crippen LogP contribution in [0.15, 0.2) is 0 Å². The smallest absolute Gasteiger partial charge is 0.222 e. The second kappa shape index (κ2) is 6.18. The van der Waals surface area contributed by atoms with Gasteiger partial charge in [0.2, 0.25) is 5.88 Å². The predicted octanol–water partition coefficient (Wildman–Crippen LogP) is 3.23. The molecule has 2 atom stereocenters. The topological polar surface area (TPSA) is 73.1 Å². The fourth-order valence-electron chi connectivity index (χ4n) is 3.46. The molecule has 5 heteroatoms. The number of rotatable bonds is 4. The molecule has 1 aromatic rings. The van der Waals surface area contributed by atoms with Gasteiger partial charge in [-0.3, -0.25) is 0 Å². The Balaban J connectivity index is 2.22. The van der Waals surface area contributed by atoms with E-state index in [0.29, 0.717) is 23.0 Å². The maximum absolute atomic E-state index is 6.23. The van der Waals surface area contributed by atoms with Gasteiger partial charge >= 0.3 is 0 Å². The quantitative estimate of drug-likeness (QED) is 0.658. The van der Waals surface area contributed by atoms with E-state index in [2.05, 4.69) is 36.2 Å².